The molecule has 0 aromatic heterocycles. The summed E-state index contributed by atoms with van der Waals surface area (Å²) in [5.74, 6) is -0.479. The molecule has 1 aromatic carbocycles. The second-order valence-corrected chi connectivity index (χ2v) is 9.14. The van der Waals surface area contributed by atoms with Gasteiger partial charge in [-0.1, -0.05) is 26.0 Å². The van der Waals surface area contributed by atoms with Crippen molar-refractivity contribution in [1.82, 2.24) is 10.2 Å². The van der Waals surface area contributed by atoms with Crippen molar-refractivity contribution in [1.29, 1.82) is 0 Å². The van der Waals surface area contributed by atoms with Crippen molar-refractivity contribution in [2.75, 3.05) is 6.54 Å². The van der Waals surface area contributed by atoms with Crippen LogP contribution >= 0.6 is 0 Å². The van der Waals surface area contributed by atoms with Gasteiger partial charge in [0.15, 0.2) is 0 Å². The van der Waals surface area contributed by atoms with Crippen molar-refractivity contribution in [3.05, 3.63) is 35.4 Å². The second-order valence-electron chi connectivity index (χ2n) is 9.14. The Labute approximate surface area is 160 Å². The molecule has 2 saturated heterocycles. The number of nitrogens with zero attached hydrogens (tertiary/aromatic N) is 1. The summed E-state index contributed by atoms with van der Waals surface area (Å²) >= 11 is 0. The van der Waals surface area contributed by atoms with E-state index in [1.165, 1.54) is 0 Å². The van der Waals surface area contributed by atoms with Gasteiger partial charge in [-0.05, 0) is 44.9 Å². The molecule has 1 N–H and O–H groups in total. The fourth-order valence-corrected chi connectivity index (χ4v) is 3.81. The third-order valence-corrected chi connectivity index (χ3v) is 5.08. The highest BCUT2D eigenvalue weighted by Crippen LogP contribution is 2.39. The van der Waals surface area contributed by atoms with Crippen LogP contribution in [0.15, 0.2) is 24.3 Å². The van der Waals surface area contributed by atoms with E-state index in [0.717, 1.165) is 12.0 Å². The minimum atomic E-state index is -0.592. The highest BCUT2D eigenvalue weighted by Gasteiger charge is 2.53. The molecular formula is C21H28N2O4. The quantitative estimate of drug-likeness (QED) is 0.828. The molecule has 6 nitrogen and oxygen atoms in total. The Morgan fingerprint density at radius 3 is 2.30 bits per heavy atom. The number of benzene rings is 1. The molecule has 2 unspecified atom stereocenters. The number of likely N-dealkylation sites (tertiary alicyclic amines) is 1. The molecule has 0 aliphatic carbocycles. The Morgan fingerprint density at radius 2 is 1.81 bits per heavy atom. The summed E-state index contributed by atoms with van der Waals surface area (Å²) in [5.41, 5.74) is 0.619. The predicted octanol–water partition coefficient (Wildman–Crippen LogP) is 2.83. The minimum Gasteiger partial charge on any atom is -0.458 e. The number of esters is 1. The highest BCUT2D eigenvalue weighted by atomic mass is 16.6. The molecule has 2 aliphatic rings. The number of hydrogen-bond donors (Lipinski definition) is 1. The Bertz CT molecular complexity index is 761. The van der Waals surface area contributed by atoms with Crippen LogP contribution in [0, 0.1) is 5.41 Å². The van der Waals surface area contributed by atoms with Gasteiger partial charge in [-0.2, -0.15) is 0 Å². The van der Waals surface area contributed by atoms with Gasteiger partial charge < -0.3 is 15.0 Å². The van der Waals surface area contributed by atoms with E-state index >= 15 is 0 Å². The lowest BCUT2D eigenvalue weighted by Crippen LogP contribution is -2.67. The van der Waals surface area contributed by atoms with Crippen LogP contribution in [-0.2, 0) is 14.3 Å². The number of hydrogen-bond acceptors (Lipinski definition) is 4. The fraction of sp³-hybridized carbons (Fsp3) is 0.571. The van der Waals surface area contributed by atoms with Crippen molar-refractivity contribution >= 4 is 17.8 Å². The monoisotopic (exact) mass is 372 g/mol. The molecule has 2 fully saturated rings. The lowest BCUT2D eigenvalue weighted by atomic mass is 9.74. The van der Waals surface area contributed by atoms with Crippen molar-refractivity contribution in [2.45, 2.75) is 65.1 Å². The zero-order chi connectivity index (χ0) is 20.0. The molecule has 0 spiro atoms. The first-order chi connectivity index (χ1) is 12.5. The van der Waals surface area contributed by atoms with Gasteiger partial charge in [0.25, 0.3) is 5.91 Å². The summed E-state index contributed by atoms with van der Waals surface area (Å²) in [5, 5.41) is 2.92. The van der Waals surface area contributed by atoms with Gasteiger partial charge in [0.2, 0.25) is 5.91 Å². The number of nitrogens with one attached hydrogen (secondary N) is 1. The maximum absolute atomic E-state index is 12.9. The van der Waals surface area contributed by atoms with Crippen LogP contribution in [0.1, 0.15) is 69.4 Å². The number of amides is 2. The molecule has 0 saturated carbocycles. The normalized spacial score (nSPS) is 24.2. The molecule has 6 heteroatoms. The van der Waals surface area contributed by atoms with Gasteiger partial charge in [-0.25, -0.2) is 4.79 Å². The van der Waals surface area contributed by atoms with Gasteiger partial charge in [-0.3, -0.25) is 9.59 Å². The van der Waals surface area contributed by atoms with Crippen molar-refractivity contribution in [3.8, 4) is 0 Å². The van der Waals surface area contributed by atoms with Gasteiger partial charge >= 0.3 is 5.97 Å². The first kappa shape index (κ1) is 19.4. The average molecular weight is 372 g/mol. The van der Waals surface area contributed by atoms with E-state index in [4.69, 9.17) is 4.74 Å². The second kappa shape index (κ2) is 6.66. The number of rotatable bonds is 3. The summed E-state index contributed by atoms with van der Waals surface area (Å²) in [7, 11) is 0. The molecule has 3 rings (SSSR count). The van der Waals surface area contributed by atoms with Gasteiger partial charge in [0.1, 0.15) is 11.6 Å². The molecule has 27 heavy (non-hydrogen) atoms. The van der Waals surface area contributed by atoms with Crippen molar-refractivity contribution in [3.63, 3.8) is 0 Å². The van der Waals surface area contributed by atoms with Gasteiger partial charge in [-0.15, -0.1) is 0 Å². The van der Waals surface area contributed by atoms with Crippen molar-refractivity contribution < 1.29 is 19.1 Å². The van der Waals surface area contributed by atoms with Crippen LogP contribution in [0.2, 0.25) is 0 Å². The minimum absolute atomic E-state index is 0.0131. The molecular weight excluding hydrogens is 344 g/mol. The van der Waals surface area contributed by atoms with Crippen LogP contribution < -0.4 is 5.32 Å². The van der Waals surface area contributed by atoms with E-state index in [9.17, 15) is 14.4 Å². The molecule has 2 heterocycles. The van der Waals surface area contributed by atoms with Crippen molar-refractivity contribution in [2.24, 2.45) is 5.41 Å². The lowest BCUT2D eigenvalue weighted by Gasteiger charge is -2.52. The summed E-state index contributed by atoms with van der Waals surface area (Å²) in [6, 6.07) is 6.70. The molecule has 1 aromatic rings. The smallest absolute Gasteiger partial charge is 0.330 e. The maximum atomic E-state index is 12.9. The van der Waals surface area contributed by atoms with E-state index in [1.807, 2.05) is 46.8 Å². The van der Waals surface area contributed by atoms with E-state index in [0.29, 0.717) is 18.5 Å². The van der Waals surface area contributed by atoms with E-state index < -0.39 is 11.6 Å². The van der Waals surface area contributed by atoms with Gasteiger partial charge in [0.05, 0.1) is 6.04 Å². The zero-order valence-electron chi connectivity index (χ0n) is 16.7. The topological polar surface area (TPSA) is 75.7 Å². The number of ether oxygens (including phenoxy) is 1. The highest BCUT2D eigenvalue weighted by molar-refractivity contribution is 5.98. The SMILES string of the molecule is CC(C)(C)OC(=O)C1N(C(=O)c2ccc(C3CCC(=O)N3)cc2)CC1(C)C. The molecule has 0 radical (unpaired) electrons. The average Bonchev–Trinajstić information content (AvgIpc) is 2.97. The standard InChI is InChI=1S/C21H28N2O4/c1-20(2,3)27-19(26)17-21(4,5)12-23(17)18(25)14-8-6-13(7-9-14)15-10-11-16(24)22-15/h6-9,15,17H,10-12H2,1-5H3,(H,22,24). The third-order valence-electron chi connectivity index (χ3n) is 5.08. The van der Waals surface area contributed by atoms with Crippen LogP contribution in [0.25, 0.3) is 0 Å². The molecule has 2 atom stereocenters. The lowest BCUT2D eigenvalue weighted by molar-refractivity contribution is -0.174. The van der Waals surface area contributed by atoms with Gasteiger partial charge in [0, 0.05) is 23.9 Å². The predicted molar refractivity (Wildman–Crippen MR) is 101 cm³/mol. The van der Waals surface area contributed by atoms with E-state index in [-0.39, 0.29) is 29.2 Å². The van der Waals surface area contributed by atoms with Crippen LogP contribution in [0.5, 0.6) is 0 Å². The van der Waals surface area contributed by atoms with Crippen LogP contribution in [0.4, 0.5) is 0 Å². The summed E-state index contributed by atoms with van der Waals surface area (Å²) in [6.45, 7) is 9.92. The maximum Gasteiger partial charge on any atom is 0.330 e. The summed E-state index contributed by atoms with van der Waals surface area (Å²) in [4.78, 5) is 38.5. The molecule has 2 amide bonds. The van der Waals surface area contributed by atoms with E-state index in [2.05, 4.69) is 5.32 Å². The number of carbonyl (C=O) groups excluding carboxylic acids is 3. The Morgan fingerprint density at radius 1 is 1.19 bits per heavy atom. The number of carbonyl (C=O) groups is 3. The molecule has 2 aliphatic heterocycles. The first-order valence-electron chi connectivity index (χ1n) is 9.41. The van der Waals surface area contributed by atoms with E-state index in [1.54, 1.807) is 17.0 Å². The fourth-order valence-electron chi connectivity index (χ4n) is 3.81. The first-order valence-corrected chi connectivity index (χ1v) is 9.41. The Kier molecular flexibility index (Phi) is 4.78. The molecule has 146 valence electrons. The third kappa shape index (κ3) is 3.99. The Balaban J connectivity index is 1.73. The Hall–Kier alpha value is -2.37. The molecule has 0 bridgehead atoms. The summed E-state index contributed by atoms with van der Waals surface area (Å²) in [6.07, 6.45) is 1.30. The van der Waals surface area contributed by atoms with Crippen LogP contribution in [0.3, 0.4) is 0 Å². The summed E-state index contributed by atoms with van der Waals surface area (Å²) < 4.78 is 5.52. The largest absolute Gasteiger partial charge is 0.458 e. The van der Waals surface area contributed by atoms with Crippen LogP contribution in [-0.4, -0.2) is 40.9 Å². The zero-order valence-corrected chi connectivity index (χ0v) is 16.7.